The molecule has 1 fully saturated rings. The first-order valence-corrected chi connectivity index (χ1v) is 5.64. The fraction of sp³-hybridized carbons (Fsp3) is 0.333. The Kier molecular flexibility index (Phi) is 2.83. The number of benzene rings is 1. The van der Waals surface area contributed by atoms with Crippen molar-refractivity contribution in [2.75, 3.05) is 0 Å². The number of carbonyl (C=O) groups excluding carboxylic acids is 1. The number of nitrogens with one attached hydrogen (secondary N) is 1. The smallest absolute Gasteiger partial charge is 0.329 e. The molecule has 2 rings (SSSR count). The van der Waals surface area contributed by atoms with Crippen molar-refractivity contribution in [2.24, 2.45) is 0 Å². The van der Waals surface area contributed by atoms with Gasteiger partial charge in [0.05, 0.1) is 0 Å². The Morgan fingerprint density at radius 1 is 1.41 bits per heavy atom. The summed E-state index contributed by atoms with van der Waals surface area (Å²) in [5.41, 5.74) is 0.170. The van der Waals surface area contributed by atoms with Crippen LogP contribution >= 0.6 is 11.6 Å². The van der Waals surface area contributed by atoms with E-state index in [0.717, 1.165) is 5.56 Å². The van der Waals surface area contributed by atoms with Gasteiger partial charge in [0.25, 0.3) is 5.91 Å². The third kappa shape index (κ3) is 2.26. The molecular weight excluding hydrogens is 242 g/mol. The molecule has 1 aliphatic rings. The summed E-state index contributed by atoms with van der Waals surface area (Å²) in [4.78, 5) is 22.8. The average Bonchev–Trinajstić information content (AvgIpc) is 3.03. The topological polar surface area (TPSA) is 66.4 Å². The molecule has 5 heteroatoms. The number of halogens is 1. The van der Waals surface area contributed by atoms with Crippen LogP contribution in [-0.4, -0.2) is 22.5 Å². The number of hydrogen-bond acceptors (Lipinski definition) is 2. The van der Waals surface area contributed by atoms with E-state index in [4.69, 9.17) is 16.7 Å². The van der Waals surface area contributed by atoms with Gasteiger partial charge in [-0.05, 0) is 43.5 Å². The summed E-state index contributed by atoms with van der Waals surface area (Å²) in [5, 5.41) is 12.1. The fourth-order valence-corrected chi connectivity index (χ4v) is 1.71. The summed E-state index contributed by atoms with van der Waals surface area (Å²) in [6.45, 7) is 1.79. The van der Waals surface area contributed by atoms with Gasteiger partial charge in [-0.1, -0.05) is 11.6 Å². The van der Waals surface area contributed by atoms with Crippen molar-refractivity contribution in [2.45, 2.75) is 25.3 Å². The van der Waals surface area contributed by atoms with Crippen molar-refractivity contribution in [3.63, 3.8) is 0 Å². The number of aryl methyl sites for hydroxylation is 1. The molecule has 1 aromatic carbocycles. The summed E-state index contributed by atoms with van der Waals surface area (Å²) >= 11 is 5.86. The maximum atomic E-state index is 11.9. The Bertz CT molecular complexity index is 495. The molecule has 4 nitrogen and oxygen atoms in total. The minimum absolute atomic E-state index is 0.371. The first-order chi connectivity index (χ1) is 7.94. The van der Waals surface area contributed by atoms with Gasteiger partial charge in [-0.2, -0.15) is 0 Å². The van der Waals surface area contributed by atoms with E-state index in [2.05, 4.69) is 5.32 Å². The Labute approximate surface area is 104 Å². The van der Waals surface area contributed by atoms with Crippen molar-refractivity contribution < 1.29 is 14.7 Å². The predicted octanol–water partition coefficient (Wildman–Crippen LogP) is 2.00. The van der Waals surface area contributed by atoms with Gasteiger partial charge < -0.3 is 10.4 Å². The van der Waals surface area contributed by atoms with E-state index in [9.17, 15) is 9.59 Å². The van der Waals surface area contributed by atoms with Crippen LogP contribution < -0.4 is 5.32 Å². The number of hydrogen-bond donors (Lipinski definition) is 2. The van der Waals surface area contributed by atoms with E-state index in [1.54, 1.807) is 25.1 Å². The second-order valence-electron chi connectivity index (χ2n) is 4.31. The molecule has 90 valence electrons. The standard InChI is InChI=1S/C12H12ClNO3/c1-7-6-8(2-3-9(7)13)10(15)14-12(4-5-12)11(16)17/h2-3,6H,4-5H2,1H3,(H,14,15)(H,16,17). The second kappa shape index (κ2) is 4.04. The van der Waals surface area contributed by atoms with E-state index in [1.807, 2.05) is 0 Å². The zero-order valence-corrected chi connectivity index (χ0v) is 10.0. The maximum Gasteiger partial charge on any atom is 0.329 e. The van der Waals surface area contributed by atoms with Crippen LogP contribution in [0.15, 0.2) is 18.2 Å². The fourth-order valence-electron chi connectivity index (χ4n) is 1.59. The highest BCUT2D eigenvalue weighted by molar-refractivity contribution is 6.31. The van der Waals surface area contributed by atoms with Gasteiger partial charge in [-0.3, -0.25) is 4.79 Å². The average molecular weight is 254 g/mol. The Balaban J connectivity index is 2.15. The molecule has 0 aromatic heterocycles. The highest BCUT2D eigenvalue weighted by Gasteiger charge is 2.51. The number of carboxylic acids is 1. The molecule has 1 aliphatic carbocycles. The minimum atomic E-state index is -1.05. The van der Waals surface area contributed by atoms with Crippen LogP contribution in [0.25, 0.3) is 0 Å². The lowest BCUT2D eigenvalue weighted by molar-refractivity contribution is -0.140. The summed E-state index contributed by atoms with van der Waals surface area (Å²) in [5.74, 6) is -1.35. The van der Waals surface area contributed by atoms with Crippen molar-refractivity contribution in [1.82, 2.24) is 5.32 Å². The molecule has 1 aromatic rings. The molecule has 1 saturated carbocycles. The number of amides is 1. The van der Waals surface area contributed by atoms with Crippen molar-refractivity contribution in [1.29, 1.82) is 0 Å². The monoisotopic (exact) mass is 253 g/mol. The Morgan fingerprint density at radius 3 is 2.53 bits per heavy atom. The predicted molar refractivity (Wildman–Crippen MR) is 63.3 cm³/mol. The lowest BCUT2D eigenvalue weighted by Crippen LogP contribution is -2.43. The van der Waals surface area contributed by atoms with E-state index in [1.165, 1.54) is 0 Å². The Hall–Kier alpha value is -1.55. The molecule has 0 atom stereocenters. The quantitative estimate of drug-likeness (QED) is 0.866. The molecule has 0 heterocycles. The summed E-state index contributed by atoms with van der Waals surface area (Å²) in [6.07, 6.45) is 0.974. The summed E-state index contributed by atoms with van der Waals surface area (Å²) < 4.78 is 0. The van der Waals surface area contributed by atoms with Gasteiger partial charge in [-0.15, -0.1) is 0 Å². The zero-order valence-electron chi connectivity index (χ0n) is 9.29. The number of carboxylic acid groups (broad SMARTS) is 1. The molecule has 0 unspecified atom stereocenters. The molecular formula is C12H12ClNO3. The van der Waals surface area contributed by atoms with Crippen molar-refractivity contribution in [3.8, 4) is 0 Å². The number of aliphatic carboxylic acids is 1. The largest absolute Gasteiger partial charge is 0.480 e. The third-order valence-electron chi connectivity index (χ3n) is 2.93. The van der Waals surface area contributed by atoms with Crippen LogP contribution in [0.5, 0.6) is 0 Å². The Morgan fingerprint density at radius 2 is 2.06 bits per heavy atom. The molecule has 0 radical (unpaired) electrons. The van der Waals surface area contributed by atoms with Crippen LogP contribution in [-0.2, 0) is 4.79 Å². The van der Waals surface area contributed by atoms with Gasteiger partial charge in [-0.25, -0.2) is 4.79 Å². The minimum Gasteiger partial charge on any atom is -0.480 e. The molecule has 0 aliphatic heterocycles. The lowest BCUT2D eigenvalue weighted by Gasteiger charge is -2.12. The van der Waals surface area contributed by atoms with Gasteiger partial charge in [0.1, 0.15) is 5.54 Å². The van der Waals surface area contributed by atoms with E-state index < -0.39 is 11.5 Å². The number of carbonyl (C=O) groups is 2. The van der Waals surface area contributed by atoms with Crippen molar-refractivity contribution >= 4 is 23.5 Å². The van der Waals surface area contributed by atoms with Gasteiger partial charge in [0, 0.05) is 10.6 Å². The molecule has 17 heavy (non-hydrogen) atoms. The van der Waals surface area contributed by atoms with Crippen LogP contribution in [0.1, 0.15) is 28.8 Å². The first-order valence-electron chi connectivity index (χ1n) is 5.27. The maximum absolute atomic E-state index is 11.9. The SMILES string of the molecule is Cc1cc(C(=O)NC2(C(=O)O)CC2)ccc1Cl. The summed E-state index contributed by atoms with van der Waals surface area (Å²) in [7, 11) is 0. The van der Waals surface area contributed by atoms with Crippen LogP contribution in [0.3, 0.4) is 0 Å². The van der Waals surface area contributed by atoms with Gasteiger partial charge in [0.15, 0.2) is 0 Å². The summed E-state index contributed by atoms with van der Waals surface area (Å²) in [6, 6.07) is 4.87. The van der Waals surface area contributed by atoms with Gasteiger partial charge >= 0.3 is 5.97 Å². The highest BCUT2D eigenvalue weighted by Crippen LogP contribution is 2.35. The third-order valence-corrected chi connectivity index (χ3v) is 3.36. The van der Waals surface area contributed by atoms with Gasteiger partial charge in [0.2, 0.25) is 0 Å². The first kappa shape index (κ1) is 11.9. The number of rotatable bonds is 3. The molecule has 0 bridgehead atoms. The highest BCUT2D eigenvalue weighted by atomic mass is 35.5. The van der Waals surface area contributed by atoms with Crippen LogP contribution in [0, 0.1) is 6.92 Å². The normalized spacial score (nSPS) is 16.4. The van der Waals surface area contributed by atoms with E-state index in [-0.39, 0.29) is 5.91 Å². The van der Waals surface area contributed by atoms with E-state index in [0.29, 0.717) is 23.4 Å². The molecule has 0 saturated heterocycles. The molecule has 0 spiro atoms. The lowest BCUT2D eigenvalue weighted by atomic mass is 10.1. The van der Waals surface area contributed by atoms with Crippen molar-refractivity contribution in [3.05, 3.63) is 34.3 Å². The zero-order chi connectivity index (χ0) is 12.6. The van der Waals surface area contributed by atoms with E-state index >= 15 is 0 Å². The molecule has 2 N–H and O–H groups in total. The van der Waals surface area contributed by atoms with Crippen LogP contribution in [0.2, 0.25) is 5.02 Å². The molecule has 1 amide bonds. The second-order valence-corrected chi connectivity index (χ2v) is 4.71. The van der Waals surface area contributed by atoms with Crippen LogP contribution in [0.4, 0.5) is 0 Å².